The topological polar surface area (TPSA) is 39.7 Å². The molecule has 0 bridgehead atoms. The summed E-state index contributed by atoms with van der Waals surface area (Å²) < 4.78 is 17.5. The molecule has 0 aromatic heterocycles. The number of para-hydroxylation sites is 1. The normalized spacial score (nSPS) is 12.9. The molecule has 0 spiro atoms. The van der Waals surface area contributed by atoms with Gasteiger partial charge in [-0.2, -0.15) is 0 Å². The van der Waals surface area contributed by atoms with Crippen LogP contribution in [0.25, 0.3) is 0 Å². The van der Waals surface area contributed by atoms with Crippen LogP contribution in [-0.2, 0) is 6.54 Å². The van der Waals surface area contributed by atoms with E-state index in [1.807, 2.05) is 36.4 Å². The largest absolute Gasteiger partial charge is 0.496 e. The maximum absolute atomic E-state index is 5.61. The van der Waals surface area contributed by atoms with Gasteiger partial charge in [0.15, 0.2) is 11.5 Å². The van der Waals surface area contributed by atoms with Crippen molar-refractivity contribution in [3.05, 3.63) is 46.4 Å². The molecule has 1 N–H and O–H groups in total. The predicted octanol–water partition coefficient (Wildman–Crippen LogP) is 3.84. The van der Waals surface area contributed by atoms with Gasteiger partial charge in [-0.3, -0.25) is 0 Å². The van der Waals surface area contributed by atoms with Crippen molar-refractivity contribution in [2.24, 2.45) is 0 Å². The molecule has 0 aliphatic carbocycles. The number of ether oxygens (including phenoxy) is 3. The van der Waals surface area contributed by atoms with Crippen LogP contribution in [0.5, 0.6) is 17.2 Å². The first-order valence-corrected chi connectivity index (χ1v) is 7.52. The number of halogens is 1. The molecule has 110 valence electrons. The minimum absolute atomic E-state index is 0.584. The Morgan fingerprint density at radius 1 is 1.14 bits per heavy atom. The monoisotopic (exact) mass is 349 g/mol. The van der Waals surface area contributed by atoms with Crippen LogP contribution in [0, 0.1) is 0 Å². The third-order valence-corrected chi connectivity index (χ3v) is 3.95. The molecule has 0 unspecified atom stereocenters. The number of fused-ring (bicyclic) bond motifs is 1. The average Bonchev–Trinajstić information content (AvgIpc) is 2.53. The highest BCUT2D eigenvalue weighted by molar-refractivity contribution is 9.10. The highest BCUT2D eigenvalue weighted by atomic mass is 79.9. The second kappa shape index (κ2) is 6.26. The molecule has 1 aliphatic heterocycles. The Balaban J connectivity index is 1.79. The summed E-state index contributed by atoms with van der Waals surface area (Å²) in [6.45, 7) is 1.84. The van der Waals surface area contributed by atoms with Crippen molar-refractivity contribution in [3.8, 4) is 17.2 Å². The quantitative estimate of drug-likeness (QED) is 0.910. The van der Waals surface area contributed by atoms with E-state index in [0.717, 1.165) is 33.0 Å². The fraction of sp³-hybridized carbons (Fsp3) is 0.250. The Labute approximate surface area is 132 Å². The number of nitrogens with one attached hydrogen (secondary N) is 1. The van der Waals surface area contributed by atoms with Gasteiger partial charge in [0.05, 0.1) is 12.8 Å². The maximum Gasteiger partial charge on any atom is 0.163 e. The average molecular weight is 350 g/mol. The van der Waals surface area contributed by atoms with Gasteiger partial charge in [-0.05, 0) is 22.0 Å². The molecule has 5 heteroatoms. The Morgan fingerprint density at radius 2 is 1.86 bits per heavy atom. The van der Waals surface area contributed by atoms with Crippen LogP contribution in [0.1, 0.15) is 5.56 Å². The first-order valence-electron chi connectivity index (χ1n) is 6.73. The summed E-state index contributed by atoms with van der Waals surface area (Å²) in [6.07, 6.45) is 0. The van der Waals surface area contributed by atoms with E-state index in [1.54, 1.807) is 7.11 Å². The number of methoxy groups -OCH3 is 1. The van der Waals surface area contributed by atoms with Gasteiger partial charge in [-0.1, -0.05) is 18.2 Å². The lowest BCUT2D eigenvalue weighted by atomic mass is 10.2. The number of rotatable bonds is 4. The van der Waals surface area contributed by atoms with Gasteiger partial charge in [0.25, 0.3) is 0 Å². The van der Waals surface area contributed by atoms with E-state index < -0.39 is 0 Å². The Hall–Kier alpha value is -1.88. The lowest BCUT2D eigenvalue weighted by molar-refractivity contribution is 0.171. The van der Waals surface area contributed by atoms with Crippen LogP contribution < -0.4 is 19.5 Å². The van der Waals surface area contributed by atoms with Crippen molar-refractivity contribution in [1.82, 2.24) is 0 Å². The van der Waals surface area contributed by atoms with Crippen molar-refractivity contribution in [2.45, 2.75) is 6.54 Å². The molecule has 3 rings (SSSR count). The zero-order chi connectivity index (χ0) is 14.7. The van der Waals surface area contributed by atoms with Crippen molar-refractivity contribution >= 4 is 21.6 Å². The third-order valence-electron chi connectivity index (χ3n) is 3.29. The second-order valence-corrected chi connectivity index (χ2v) is 5.50. The smallest absolute Gasteiger partial charge is 0.163 e. The van der Waals surface area contributed by atoms with Gasteiger partial charge in [0.2, 0.25) is 0 Å². The second-order valence-electron chi connectivity index (χ2n) is 4.64. The fourth-order valence-corrected chi connectivity index (χ4v) is 2.70. The van der Waals surface area contributed by atoms with Gasteiger partial charge < -0.3 is 19.5 Å². The summed E-state index contributed by atoms with van der Waals surface area (Å²) in [7, 11) is 1.68. The molecule has 1 aliphatic rings. The molecular formula is C16H16BrNO3. The summed E-state index contributed by atoms with van der Waals surface area (Å²) in [6, 6.07) is 11.8. The Bertz CT molecular complexity index is 645. The molecule has 0 amide bonds. The summed E-state index contributed by atoms with van der Waals surface area (Å²) in [5, 5.41) is 3.39. The van der Waals surface area contributed by atoms with Crippen LogP contribution in [-0.4, -0.2) is 20.3 Å². The van der Waals surface area contributed by atoms with Crippen LogP contribution in [0.3, 0.4) is 0 Å². The maximum atomic E-state index is 5.61. The Morgan fingerprint density at radius 3 is 2.62 bits per heavy atom. The van der Waals surface area contributed by atoms with Crippen LogP contribution in [0.4, 0.5) is 5.69 Å². The van der Waals surface area contributed by atoms with Crippen molar-refractivity contribution < 1.29 is 14.2 Å². The zero-order valence-corrected chi connectivity index (χ0v) is 13.3. The molecule has 0 atom stereocenters. The zero-order valence-electron chi connectivity index (χ0n) is 11.7. The van der Waals surface area contributed by atoms with Gasteiger partial charge in [-0.25, -0.2) is 0 Å². The van der Waals surface area contributed by atoms with E-state index in [1.165, 1.54) is 0 Å². The first-order chi connectivity index (χ1) is 10.3. The van der Waals surface area contributed by atoms with Crippen LogP contribution in [0.15, 0.2) is 40.9 Å². The van der Waals surface area contributed by atoms with Crippen LogP contribution in [0.2, 0.25) is 0 Å². The van der Waals surface area contributed by atoms with Crippen LogP contribution >= 0.6 is 15.9 Å². The molecule has 0 fully saturated rings. The van der Waals surface area contributed by atoms with Crippen molar-refractivity contribution in [2.75, 3.05) is 25.6 Å². The molecule has 2 aromatic carbocycles. The van der Waals surface area contributed by atoms with Crippen molar-refractivity contribution in [3.63, 3.8) is 0 Å². The van der Waals surface area contributed by atoms with E-state index in [0.29, 0.717) is 19.8 Å². The molecule has 21 heavy (non-hydrogen) atoms. The highest BCUT2D eigenvalue weighted by Crippen LogP contribution is 2.38. The first kappa shape index (κ1) is 14.1. The van der Waals surface area contributed by atoms with Gasteiger partial charge >= 0.3 is 0 Å². The van der Waals surface area contributed by atoms with E-state index >= 15 is 0 Å². The molecule has 0 radical (unpaired) electrons. The Kier molecular flexibility index (Phi) is 4.20. The molecular weight excluding hydrogens is 334 g/mol. The van der Waals surface area contributed by atoms with Crippen molar-refractivity contribution in [1.29, 1.82) is 0 Å². The minimum atomic E-state index is 0.584. The number of hydrogen-bond acceptors (Lipinski definition) is 4. The minimum Gasteiger partial charge on any atom is -0.496 e. The van der Waals surface area contributed by atoms with E-state index in [4.69, 9.17) is 14.2 Å². The SMILES string of the molecule is COc1ccccc1CNc1cc2c(cc1Br)OCCO2. The van der Waals surface area contributed by atoms with E-state index in [-0.39, 0.29) is 0 Å². The summed E-state index contributed by atoms with van der Waals surface area (Å²) in [4.78, 5) is 0. The molecule has 4 nitrogen and oxygen atoms in total. The standard InChI is InChI=1S/C16H16BrNO3/c1-19-14-5-3-2-4-11(14)10-18-13-9-16-15(8-12(13)17)20-6-7-21-16/h2-5,8-9,18H,6-7,10H2,1H3. The molecule has 0 saturated carbocycles. The lowest BCUT2D eigenvalue weighted by Gasteiger charge is -2.20. The predicted molar refractivity (Wildman–Crippen MR) is 85.5 cm³/mol. The lowest BCUT2D eigenvalue weighted by Crippen LogP contribution is -2.15. The molecule has 0 saturated heterocycles. The van der Waals surface area contributed by atoms with Gasteiger partial charge in [0, 0.05) is 28.7 Å². The summed E-state index contributed by atoms with van der Waals surface area (Å²) in [5.74, 6) is 2.42. The number of anilines is 1. The molecule has 1 heterocycles. The number of benzene rings is 2. The van der Waals surface area contributed by atoms with E-state index in [2.05, 4.69) is 21.2 Å². The summed E-state index contributed by atoms with van der Waals surface area (Å²) in [5.41, 5.74) is 2.06. The third kappa shape index (κ3) is 3.08. The molecule has 2 aromatic rings. The highest BCUT2D eigenvalue weighted by Gasteiger charge is 2.15. The number of hydrogen-bond donors (Lipinski definition) is 1. The van der Waals surface area contributed by atoms with E-state index in [9.17, 15) is 0 Å². The summed E-state index contributed by atoms with van der Waals surface area (Å²) >= 11 is 3.56. The van der Waals surface area contributed by atoms with Gasteiger partial charge in [-0.15, -0.1) is 0 Å². The fourth-order valence-electron chi connectivity index (χ4n) is 2.24. The van der Waals surface area contributed by atoms with Gasteiger partial charge in [0.1, 0.15) is 19.0 Å².